The quantitative estimate of drug-likeness (QED) is 0.754. The number of hydrogen-bond donors (Lipinski definition) is 0. The third-order valence-electron chi connectivity index (χ3n) is 3.86. The van der Waals surface area contributed by atoms with Gasteiger partial charge in [0.05, 0.1) is 23.1 Å². The van der Waals surface area contributed by atoms with Crippen LogP contribution in [0.4, 0.5) is 0 Å². The number of nitrogens with zero attached hydrogens (tertiary/aromatic N) is 2. The Bertz CT molecular complexity index is 442. The highest BCUT2D eigenvalue weighted by atomic mass is 16.7. The molecule has 1 aromatic heterocycles. The summed E-state index contributed by atoms with van der Waals surface area (Å²) >= 11 is 0. The molecule has 0 N–H and O–H groups in total. The van der Waals surface area contributed by atoms with Crippen molar-refractivity contribution in [2.45, 2.75) is 45.8 Å². The predicted octanol–water partition coefficient (Wildman–Crippen LogP) is 2.37. The lowest BCUT2D eigenvalue weighted by Crippen LogP contribution is -2.41. The molecule has 5 heteroatoms. The van der Waals surface area contributed by atoms with Gasteiger partial charge in [-0.3, -0.25) is 4.68 Å². The molecule has 0 radical (unpaired) electrons. The first-order valence-corrected chi connectivity index (χ1v) is 6.25. The van der Waals surface area contributed by atoms with Gasteiger partial charge in [0, 0.05) is 7.05 Å². The highest BCUT2D eigenvalue weighted by Gasteiger charge is 2.50. The van der Waals surface area contributed by atoms with Gasteiger partial charge in [-0.25, -0.2) is 0 Å². The minimum absolute atomic E-state index is 0.288. The number of aryl methyl sites for hydroxylation is 2. The van der Waals surface area contributed by atoms with Crippen molar-refractivity contribution in [3.63, 3.8) is 0 Å². The number of aromatic nitrogens is 2. The van der Waals surface area contributed by atoms with Crippen molar-refractivity contribution in [1.29, 1.82) is 0 Å². The van der Waals surface area contributed by atoms with E-state index in [-0.39, 0.29) is 18.3 Å². The smallest absolute Gasteiger partial charge is 0.400 e. The first-order valence-electron chi connectivity index (χ1n) is 6.25. The van der Waals surface area contributed by atoms with Crippen LogP contribution in [0.25, 0.3) is 6.08 Å². The maximum absolute atomic E-state index is 5.90. The molecule has 1 aromatic rings. The summed E-state index contributed by atoms with van der Waals surface area (Å²) < 4.78 is 13.7. The van der Waals surface area contributed by atoms with Crippen LogP contribution in [0.15, 0.2) is 12.2 Å². The lowest BCUT2D eigenvalue weighted by atomic mass is 9.89. The summed E-state index contributed by atoms with van der Waals surface area (Å²) in [6.45, 7) is 10.2. The van der Waals surface area contributed by atoms with Crippen LogP contribution >= 0.6 is 0 Å². The average molecular weight is 248 g/mol. The molecule has 0 spiro atoms. The van der Waals surface area contributed by atoms with E-state index < -0.39 is 0 Å². The molecule has 2 heterocycles. The van der Waals surface area contributed by atoms with E-state index in [2.05, 4.69) is 32.8 Å². The van der Waals surface area contributed by atoms with Crippen LogP contribution in [0.2, 0.25) is 0 Å². The van der Waals surface area contributed by atoms with Gasteiger partial charge in [-0.2, -0.15) is 5.10 Å². The van der Waals surface area contributed by atoms with Crippen LogP contribution in [0.5, 0.6) is 0 Å². The van der Waals surface area contributed by atoms with E-state index in [0.717, 1.165) is 11.3 Å². The van der Waals surface area contributed by atoms with Crippen molar-refractivity contribution in [3.05, 3.63) is 23.4 Å². The Morgan fingerprint density at radius 3 is 2.22 bits per heavy atom. The van der Waals surface area contributed by atoms with Crippen molar-refractivity contribution in [2.24, 2.45) is 7.05 Å². The first kappa shape index (κ1) is 13.4. The molecule has 4 nitrogen and oxygen atoms in total. The highest BCUT2D eigenvalue weighted by Crippen LogP contribution is 2.37. The maximum atomic E-state index is 5.90. The summed E-state index contributed by atoms with van der Waals surface area (Å²) in [7, 11) is 1.63. The molecule has 1 saturated heterocycles. The summed E-state index contributed by atoms with van der Waals surface area (Å²) in [6, 6.07) is 0. The minimum Gasteiger partial charge on any atom is -0.400 e. The van der Waals surface area contributed by atoms with E-state index in [9.17, 15) is 0 Å². The van der Waals surface area contributed by atoms with E-state index in [1.54, 1.807) is 0 Å². The van der Waals surface area contributed by atoms with Crippen LogP contribution in [0.1, 0.15) is 39.0 Å². The summed E-state index contributed by atoms with van der Waals surface area (Å²) in [4.78, 5) is 0. The third kappa shape index (κ3) is 2.25. The lowest BCUT2D eigenvalue weighted by Gasteiger charge is -2.32. The van der Waals surface area contributed by atoms with Gasteiger partial charge >= 0.3 is 7.12 Å². The molecule has 0 aliphatic carbocycles. The number of hydrogen-bond acceptors (Lipinski definition) is 3. The molecular formula is C13H21BN2O2. The molecule has 0 unspecified atom stereocenters. The zero-order valence-electron chi connectivity index (χ0n) is 12.0. The summed E-state index contributed by atoms with van der Waals surface area (Å²) in [6.07, 6.45) is 3.86. The van der Waals surface area contributed by atoms with Crippen molar-refractivity contribution in [3.8, 4) is 0 Å². The molecule has 1 fully saturated rings. The Morgan fingerprint density at radius 2 is 1.78 bits per heavy atom. The molecule has 98 valence electrons. The van der Waals surface area contributed by atoms with Crippen molar-refractivity contribution >= 4 is 13.2 Å². The Kier molecular flexibility index (Phi) is 3.15. The fourth-order valence-corrected chi connectivity index (χ4v) is 1.93. The van der Waals surface area contributed by atoms with E-state index in [0.29, 0.717) is 0 Å². The average Bonchev–Trinajstić information content (AvgIpc) is 2.63. The van der Waals surface area contributed by atoms with Crippen LogP contribution in [0, 0.1) is 6.92 Å². The van der Waals surface area contributed by atoms with Gasteiger partial charge in [-0.05, 0) is 46.3 Å². The normalized spacial score (nSPS) is 22.0. The maximum Gasteiger partial charge on any atom is 0.487 e. The summed E-state index contributed by atoms with van der Waals surface area (Å²) in [5.41, 5.74) is 1.64. The first-order chi connectivity index (χ1) is 8.23. The van der Waals surface area contributed by atoms with E-state index in [1.165, 1.54) is 0 Å². The Balaban J connectivity index is 2.13. The zero-order valence-corrected chi connectivity index (χ0v) is 12.0. The zero-order chi connectivity index (χ0) is 13.6. The summed E-state index contributed by atoms with van der Waals surface area (Å²) in [5, 5.41) is 4.20. The molecule has 1 aliphatic heterocycles. The molecule has 0 saturated carbocycles. The lowest BCUT2D eigenvalue weighted by molar-refractivity contribution is 0.00578. The molecule has 0 bridgehead atoms. The van der Waals surface area contributed by atoms with E-state index in [4.69, 9.17) is 9.31 Å². The second kappa shape index (κ2) is 4.25. The van der Waals surface area contributed by atoms with Gasteiger partial charge in [0.2, 0.25) is 0 Å². The topological polar surface area (TPSA) is 36.3 Å². The van der Waals surface area contributed by atoms with Crippen molar-refractivity contribution < 1.29 is 9.31 Å². The molecule has 2 rings (SSSR count). The fourth-order valence-electron chi connectivity index (χ4n) is 1.93. The second-order valence-electron chi connectivity index (χ2n) is 5.82. The van der Waals surface area contributed by atoms with Gasteiger partial charge in [-0.15, -0.1) is 0 Å². The monoisotopic (exact) mass is 248 g/mol. The second-order valence-corrected chi connectivity index (χ2v) is 5.82. The van der Waals surface area contributed by atoms with Gasteiger partial charge in [0.1, 0.15) is 0 Å². The molecule has 18 heavy (non-hydrogen) atoms. The SMILES string of the molecule is Cc1cnn(C)c1/C=C/B1OC(C)(C)C(C)(C)O1. The minimum atomic E-state index is -0.302. The molecule has 0 amide bonds. The predicted molar refractivity (Wildman–Crippen MR) is 73.1 cm³/mol. The van der Waals surface area contributed by atoms with Gasteiger partial charge in [0.25, 0.3) is 0 Å². The third-order valence-corrected chi connectivity index (χ3v) is 3.86. The van der Waals surface area contributed by atoms with Gasteiger partial charge in [0.15, 0.2) is 0 Å². The number of rotatable bonds is 2. The van der Waals surface area contributed by atoms with Crippen molar-refractivity contribution in [1.82, 2.24) is 9.78 Å². The van der Waals surface area contributed by atoms with E-state index >= 15 is 0 Å². The fraction of sp³-hybridized carbons (Fsp3) is 0.615. The summed E-state index contributed by atoms with van der Waals surface area (Å²) in [5.74, 6) is 1.94. The standard InChI is InChI=1S/C13H21BN2O2/c1-10-9-15-16(6)11(10)7-8-14-17-12(2,3)13(4,5)18-14/h7-9H,1-6H3/b8-7+. The molecule has 0 aromatic carbocycles. The van der Waals surface area contributed by atoms with E-state index in [1.807, 2.05) is 36.9 Å². The Hall–Kier alpha value is -1.07. The van der Waals surface area contributed by atoms with Crippen molar-refractivity contribution in [2.75, 3.05) is 0 Å². The highest BCUT2D eigenvalue weighted by molar-refractivity contribution is 6.52. The molecule has 0 atom stereocenters. The van der Waals surface area contributed by atoms with Crippen LogP contribution in [-0.2, 0) is 16.4 Å². The van der Waals surface area contributed by atoms with Crippen LogP contribution in [0.3, 0.4) is 0 Å². The Morgan fingerprint density at radius 1 is 1.22 bits per heavy atom. The molecular weight excluding hydrogens is 227 g/mol. The molecule has 1 aliphatic rings. The van der Waals surface area contributed by atoms with Gasteiger partial charge < -0.3 is 9.31 Å². The Labute approximate surface area is 109 Å². The van der Waals surface area contributed by atoms with Crippen LogP contribution in [-0.4, -0.2) is 28.1 Å². The van der Waals surface area contributed by atoms with Gasteiger partial charge in [-0.1, -0.05) is 5.98 Å². The largest absolute Gasteiger partial charge is 0.487 e. The van der Waals surface area contributed by atoms with Crippen LogP contribution < -0.4 is 0 Å².